The van der Waals surface area contributed by atoms with Crippen molar-refractivity contribution in [2.45, 2.75) is 19.3 Å². The number of carbonyl (C=O) groups is 2. The van der Waals surface area contributed by atoms with Gasteiger partial charge in [0.25, 0.3) is 5.91 Å². The number of carbonyl (C=O) groups excluding carboxylic acids is 2. The number of nitrogens with zero attached hydrogens (tertiary/aromatic N) is 2. The van der Waals surface area contributed by atoms with Crippen molar-refractivity contribution in [1.82, 2.24) is 4.90 Å². The van der Waals surface area contributed by atoms with Gasteiger partial charge in [0.05, 0.1) is 11.9 Å². The van der Waals surface area contributed by atoms with Crippen molar-refractivity contribution in [3.63, 3.8) is 0 Å². The maximum atomic E-state index is 13.0. The summed E-state index contributed by atoms with van der Waals surface area (Å²) in [6.45, 7) is 1.56. The summed E-state index contributed by atoms with van der Waals surface area (Å²) >= 11 is 0. The van der Waals surface area contributed by atoms with Crippen molar-refractivity contribution in [2.24, 2.45) is 5.92 Å². The summed E-state index contributed by atoms with van der Waals surface area (Å²) < 4.78 is 35.9. The molecular weight excluding hydrogens is 446 g/mol. The second-order valence-electron chi connectivity index (χ2n) is 8.55. The van der Waals surface area contributed by atoms with Crippen molar-refractivity contribution in [2.75, 3.05) is 42.3 Å². The van der Waals surface area contributed by atoms with Gasteiger partial charge in [0.15, 0.2) is 11.5 Å². The Labute approximate surface area is 192 Å². The van der Waals surface area contributed by atoms with Crippen LogP contribution in [0.1, 0.15) is 28.8 Å². The van der Waals surface area contributed by atoms with E-state index in [0.29, 0.717) is 67.3 Å². The van der Waals surface area contributed by atoms with Crippen LogP contribution < -0.4 is 19.1 Å². The largest absolute Gasteiger partial charge is 0.454 e. The van der Waals surface area contributed by atoms with Gasteiger partial charge in [-0.25, -0.2) is 8.42 Å². The first-order chi connectivity index (χ1) is 15.8. The smallest absolute Gasteiger partial charge is 0.253 e. The number of rotatable bonds is 4. The molecule has 0 atom stereocenters. The van der Waals surface area contributed by atoms with E-state index in [4.69, 9.17) is 9.47 Å². The molecule has 10 heteroatoms. The van der Waals surface area contributed by atoms with Crippen LogP contribution in [-0.2, 0) is 21.2 Å². The molecule has 0 unspecified atom stereocenters. The molecule has 0 saturated carbocycles. The number of sulfonamides is 1. The van der Waals surface area contributed by atoms with E-state index in [-0.39, 0.29) is 24.5 Å². The molecule has 0 aliphatic carbocycles. The fourth-order valence-electron chi connectivity index (χ4n) is 4.59. The summed E-state index contributed by atoms with van der Waals surface area (Å²) in [6, 6.07) is 10.5. The number of amides is 2. The quantitative estimate of drug-likeness (QED) is 0.733. The molecule has 1 fully saturated rings. The minimum Gasteiger partial charge on any atom is -0.454 e. The monoisotopic (exact) mass is 471 g/mol. The molecule has 0 spiro atoms. The Kier molecular flexibility index (Phi) is 5.40. The Hall–Kier alpha value is -3.27. The Morgan fingerprint density at radius 1 is 1.00 bits per heavy atom. The molecular formula is C23H25N3O6S. The highest BCUT2D eigenvalue weighted by Crippen LogP contribution is 2.35. The summed E-state index contributed by atoms with van der Waals surface area (Å²) in [5.74, 6) is 0.935. The minimum absolute atomic E-state index is 0.0700. The average molecular weight is 472 g/mol. The van der Waals surface area contributed by atoms with Crippen LogP contribution in [0.5, 0.6) is 11.5 Å². The molecule has 3 aliphatic heterocycles. The highest BCUT2D eigenvalue weighted by Gasteiger charge is 2.30. The van der Waals surface area contributed by atoms with E-state index in [9.17, 15) is 18.0 Å². The maximum absolute atomic E-state index is 13.0. The summed E-state index contributed by atoms with van der Waals surface area (Å²) in [4.78, 5) is 27.5. The maximum Gasteiger partial charge on any atom is 0.253 e. The number of hydrogen-bond donors (Lipinski definition) is 1. The molecule has 9 nitrogen and oxygen atoms in total. The number of likely N-dealkylation sites (tertiary alicyclic amines) is 1. The third kappa shape index (κ3) is 4.22. The van der Waals surface area contributed by atoms with Crippen molar-refractivity contribution in [3.05, 3.63) is 47.5 Å². The van der Waals surface area contributed by atoms with Crippen LogP contribution >= 0.6 is 0 Å². The van der Waals surface area contributed by atoms with Crippen LogP contribution in [0.3, 0.4) is 0 Å². The lowest BCUT2D eigenvalue weighted by Gasteiger charge is -2.31. The third-order valence-corrected chi connectivity index (χ3v) is 7.55. The number of hydrogen-bond acceptors (Lipinski definition) is 6. The van der Waals surface area contributed by atoms with Crippen LogP contribution in [0.2, 0.25) is 0 Å². The number of benzene rings is 2. The van der Waals surface area contributed by atoms with Crippen molar-refractivity contribution < 1.29 is 27.5 Å². The van der Waals surface area contributed by atoms with Gasteiger partial charge >= 0.3 is 0 Å². The van der Waals surface area contributed by atoms with E-state index in [1.807, 2.05) is 0 Å². The molecule has 174 valence electrons. The topological polar surface area (TPSA) is 105 Å². The van der Waals surface area contributed by atoms with E-state index < -0.39 is 10.0 Å². The number of fused-ring (bicyclic) bond motifs is 2. The Bertz CT molecular complexity index is 1220. The van der Waals surface area contributed by atoms with Crippen LogP contribution in [0.4, 0.5) is 11.4 Å². The first-order valence-electron chi connectivity index (χ1n) is 10.9. The van der Waals surface area contributed by atoms with Gasteiger partial charge in [-0.1, -0.05) is 0 Å². The van der Waals surface area contributed by atoms with Crippen molar-refractivity contribution in [1.29, 1.82) is 0 Å². The predicted octanol–water partition coefficient (Wildman–Crippen LogP) is 2.23. The van der Waals surface area contributed by atoms with Crippen molar-refractivity contribution >= 4 is 33.2 Å². The second-order valence-corrected chi connectivity index (χ2v) is 10.5. The molecule has 3 heterocycles. The Morgan fingerprint density at radius 3 is 2.52 bits per heavy atom. The fourth-order valence-corrected chi connectivity index (χ4v) is 5.55. The van der Waals surface area contributed by atoms with Crippen LogP contribution in [0.15, 0.2) is 36.4 Å². The zero-order valence-electron chi connectivity index (χ0n) is 18.2. The fraction of sp³-hybridized carbons (Fsp3) is 0.391. The molecule has 2 amide bonds. The Morgan fingerprint density at radius 2 is 1.76 bits per heavy atom. The van der Waals surface area contributed by atoms with Gasteiger partial charge in [0.1, 0.15) is 0 Å². The minimum atomic E-state index is -3.32. The summed E-state index contributed by atoms with van der Waals surface area (Å²) in [6.07, 6.45) is 2.93. The highest BCUT2D eigenvalue weighted by atomic mass is 32.2. The molecule has 1 saturated heterocycles. The van der Waals surface area contributed by atoms with Gasteiger partial charge in [-0.2, -0.15) is 0 Å². The standard InChI is InChI=1S/C23H25N3O6S/c1-33(29,30)26-11-8-16-12-17(2-4-19(16)26)23(28)25-9-6-15(7-10-25)22(27)24-18-3-5-20-21(13-18)32-14-31-20/h2-5,12-13,15H,6-11,14H2,1H3,(H,24,27). The number of nitrogens with one attached hydrogen (secondary N) is 1. The lowest BCUT2D eigenvalue weighted by atomic mass is 9.95. The van der Waals surface area contributed by atoms with Gasteiger partial charge in [-0.3, -0.25) is 13.9 Å². The summed E-state index contributed by atoms with van der Waals surface area (Å²) in [5.41, 5.74) is 2.72. The number of piperidine rings is 1. The molecule has 0 bridgehead atoms. The molecule has 33 heavy (non-hydrogen) atoms. The predicted molar refractivity (Wildman–Crippen MR) is 122 cm³/mol. The summed E-state index contributed by atoms with van der Waals surface area (Å²) in [5, 5.41) is 2.93. The molecule has 2 aromatic rings. The lowest BCUT2D eigenvalue weighted by molar-refractivity contribution is -0.121. The van der Waals surface area contributed by atoms with E-state index >= 15 is 0 Å². The van der Waals surface area contributed by atoms with Gasteiger partial charge in [0, 0.05) is 42.9 Å². The first kappa shape index (κ1) is 21.6. The van der Waals surface area contributed by atoms with E-state index in [2.05, 4.69) is 5.32 Å². The van der Waals surface area contributed by atoms with Crippen LogP contribution in [-0.4, -0.2) is 57.8 Å². The first-order valence-corrected chi connectivity index (χ1v) is 12.7. The van der Waals surface area contributed by atoms with E-state index in [0.717, 1.165) is 5.56 Å². The molecule has 3 aliphatic rings. The third-order valence-electron chi connectivity index (χ3n) is 6.37. The second kappa shape index (κ2) is 8.26. The molecule has 2 aromatic carbocycles. The molecule has 0 radical (unpaired) electrons. The van der Waals surface area contributed by atoms with Gasteiger partial charge in [-0.15, -0.1) is 0 Å². The van der Waals surface area contributed by atoms with E-state index in [1.165, 1.54) is 10.6 Å². The molecule has 5 rings (SSSR count). The van der Waals surface area contributed by atoms with Crippen LogP contribution in [0.25, 0.3) is 0 Å². The zero-order valence-corrected chi connectivity index (χ0v) is 19.1. The lowest BCUT2D eigenvalue weighted by Crippen LogP contribution is -2.41. The normalized spacial score (nSPS) is 17.7. The van der Waals surface area contributed by atoms with Crippen molar-refractivity contribution in [3.8, 4) is 11.5 Å². The molecule has 0 aromatic heterocycles. The zero-order chi connectivity index (χ0) is 23.2. The van der Waals surface area contributed by atoms with Gasteiger partial charge in [-0.05, 0) is 55.2 Å². The van der Waals surface area contributed by atoms with Gasteiger partial charge in [0.2, 0.25) is 22.7 Å². The van der Waals surface area contributed by atoms with Crippen LogP contribution in [0, 0.1) is 5.92 Å². The van der Waals surface area contributed by atoms with Gasteiger partial charge < -0.3 is 19.7 Å². The number of ether oxygens (including phenoxy) is 2. The molecule has 1 N–H and O–H groups in total. The average Bonchev–Trinajstić information content (AvgIpc) is 3.44. The summed E-state index contributed by atoms with van der Waals surface area (Å²) in [7, 11) is -3.32. The Balaban J connectivity index is 1.19. The SMILES string of the molecule is CS(=O)(=O)N1CCc2cc(C(=O)N3CCC(C(=O)Nc4ccc5c(c4)OCO5)CC3)ccc21. The number of anilines is 2. The van der Waals surface area contributed by atoms with E-state index in [1.54, 1.807) is 41.3 Å². The highest BCUT2D eigenvalue weighted by molar-refractivity contribution is 7.92.